The number of anilines is 1. The highest BCUT2D eigenvalue weighted by Crippen LogP contribution is 2.20. The van der Waals surface area contributed by atoms with Crippen LogP contribution in [0.3, 0.4) is 0 Å². The van der Waals surface area contributed by atoms with Gasteiger partial charge in [-0.25, -0.2) is 5.43 Å². The number of aromatic nitrogens is 2. The zero-order valence-corrected chi connectivity index (χ0v) is 15.8. The van der Waals surface area contributed by atoms with Gasteiger partial charge in [0.25, 0.3) is 5.91 Å². The van der Waals surface area contributed by atoms with Crippen molar-refractivity contribution in [2.75, 3.05) is 18.0 Å². The lowest BCUT2D eigenvalue weighted by atomic mass is 10.1. The summed E-state index contributed by atoms with van der Waals surface area (Å²) in [5, 5.41) is 8.52. The Hall–Kier alpha value is -2.63. The Morgan fingerprint density at radius 1 is 1.15 bits per heavy atom. The van der Waals surface area contributed by atoms with Crippen LogP contribution in [0.15, 0.2) is 35.4 Å². The van der Waals surface area contributed by atoms with Crippen molar-refractivity contribution >= 4 is 17.3 Å². The number of rotatable bonds is 5. The van der Waals surface area contributed by atoms with Crippen LogP contribution in [-0.2, 0) is 11.3 Å². The number of nitrogens with zero attached hydrogens (tertiary/aromatic N) is 4. The molecule has 1 aliphatic heterocycles. The van der Waals surface area contributed by atoms with Crippen molar-refractivity contribution in [3.8, 4) is 0 Å². The van der Waals surface area contributed by atoms with Crippen molar-refractivity contribution < 1.29 is 4.79 Å². The maximum atomic E-state index is 12.1. The van der Waals surface area contributed by atoms with Crippen LogP contribution in [0.1, 0.15) is 43.1 Å². The normalized spacial score (nSPS) is 15.2. The summed E-state index contributed by atoms with van der Waals surface area (Å²) in [5.74, 6) is -0.180. The molecule has 0 bridgehead atoms. The first kappa shape index (κ1) is 18.2. The van der Waals surface area contributed by atoms with E-state index >= 15 is 0 Å². The smallest absolute Gasteiger partial charge is 0.261 e. The molecule has 3 rings (SSSR count). The number of benzene rings is 1. The summed E-state index contributed by atoms with van der Waals surface area (Å²) in [7, 11) is 0. The van der Waals surface area contributed by atoms with E-state index in [0.29, 0.717) is 0 Å². The summed E-state index contributed by atoms with van der Waals surface area (Å²) in [4.78, 5) is 14.5. The summed E-state index contributed by atoms with van der Waals surface area (Å²) in [5.41, 5.74) is 7.55. The van der Waals surface area contributed by atoms with Crippen molar-refractivity contribution in [2.45, 2.75) is 46.6 Å². The van der Waals surface area contributed by atoms with Crippen LogP contribution in [0.5, 0.6) is 0 Å². The quantitative estimate of drug-likeness (QED) is 0.664. The number of carbonyl (C=O) groups excluding carboxylic acids is 1. The van der Waals surface area contributed by atoms with Gasteiger partial charge in [0.05, 0.1) is 11.4 Å². The van der Waals surface area contributed by atoms with Gasteiger partial charge in [-0.2, -0.15) is 10.2 Å². The minimum absolute atomic E-state index is 0.171. The molecule has 0 atom stereocenters. The summed E-state index contributed by atoms with van der Waals surface area (Å²) in [6.45, 7) is 8.19. The Bertz CT molecular complexity index is 785. The van der Waals surface area contributed by atoms with Crippen LogP contribution >= 0.6 is 0 Å². The molecular weight excluding hydrogens is 326 g/mol. The molecule has 2 heterocycles. The predicted octanol–water partition coefficient (Wildman–Crippen LogP) is 3.03. The third kappa shape index (κ3) is 4.50. The van der Waals surface area contributed by atoms with E-state index in [9.17, 15) is 4.79 Å². The van der Waals surface area contributed by atoms with Gasteiger partial charge in [0.15, 0.2) is 0 Å². The predicted molar refractivity (Wildman–Crippen MR) is 105 cm³/mol. The van der Waals surface area contributed by atoms with Crippen LogP contribution in [0.25, 0.3) is 0 Å². The highest BCUT2D eigenvalue weighted by atomic mass is 16.2. The van der Waals surface area contributed by atoms with E-state index < -0.39 is 0 Å². The number of hydrogen-bond donors (Lipinski definition) is 1. The fourth-order valence-corrected chi connectivity index (χ4v) is 3.28. The lowest BCUT2D eigenvalue weighted by Gasteiger charge is -2.28. The molecule has 0 aliphatic carbocycles. The molecule has 0 radical (unpaired) electrons. The van der Waals surface area contributed by atoms with Crippen LogP contribution < -0.4 is 10.3 Å². The zero-order chi connectivity index (χ0) is 18.5. The third-order valence-corrected chi connectivity index (χ3v) is 4.75. The van der Waals surface area contributed by atoms with E-state index in [2.05, 4.69) is 44.8 Å². The van der Waals surface area contributed by atoms with E-state index in [1.807, 2.05) is 26.8 Å². The second-order valence-corrected chi connectivity index (χ2v) is 6.91. The number of nitrogens with one attached hydrogen (secondary N) is 1. The van der Waals surface area contributed by atoms with Crippen molar-refractivity contribution in [3.63, 3.8) is 0 Å². The molecular formula is C20H27N5O. The van der Waals surface area contributed by atoms with Gasteiger partial charge in [0.2, 0.25) is 0 Å². The van der Waals surface area contributed by atoms with Gasteiger partial charge < -0.3 is 4.90 Å². The van der Waals surface area contributed by atoms with Crippen LogP contribution in [0, 0.1) is 13.8 Å². The first-order valence-corrected chi connectivity index (χ1v) is 9.22. The molecule has 6 heteroatoms. The molecule has 0 spiro atoms. The van der Waals surface area contributed by atoms with Crippen molar-refractivity contribution in [2.24, 2.45) is 5.10 Å². The van der Waals surface area contributed by atoms with Gasteiger partial charge >= 0.3 is 0 Å². The molecule has 2 aromatic rings. The Labute approximate surface area is 154 Å². The lowest BCUT2D eigenvalue weighted by molar-refractivity contribution is -0.121. The first-order valence-electron chi connectivity index (χ1n) is 9.22. The fourth-order valence-electron chi connectivity index (χ4n) is 3.28. The molecule has 1 aromatic heterocycles. The summed E-state index contributed by atoms with van der Waals surface area (Å²) >= 11 is 0. The van der Waals surface area contributed by atoms with Crippen molar-refractivity contribution in [1.29, 1.82) is 0 Å². The van der Waals surface area contributed by atoms with Crippen LogP contribution in [0.4, 0.5) is 5.69 Å². The molecule has 1 saturated heterocycles. The van der Waals surface area contributed by atoms with E-state index in [-0.39, 0.29) is 12.5 Å². The fraction of sp³-hybridized carbons (Fsp3) is 0.450. The Morgan fingerprint density at radius 3 is 2.46 bits per heavy atom. The van der Waals surface area contributed by atoms with Gasteiger partial charge in [-0.1, -0.05) is 12.1 Å². The second-order valence-electron chi connectivity index (χ2n) is 6.91. The van der Waals surface area contributed by atoms with E-state index in [1.165, 1.54) is 24.9 Å². The third-order valence-electron chi connectivity index (χ3n) is 4.75. The van der Waals surface area contributed by atoms with Crippen LogP contribution in [-0.4, -0.2) is 34.5 Å². The Balaban J connectivity index is 1.58. The minimum Gasteiger partial charge on any atom is -0.372 e. The number of hydrazone groups is 1. The van der Waals surface area contributed by atoms with Crippen LogP contribution in [0.2, 0.25) is 0 Å². The minimum atomic E-state index is -0.180. The molecule has 26 heavy (non-hydrogen) atoms. The lowest BCUT2D eigenvalue weighted by Crippen LogP contribution is -2.29. The SMILES string of the molecule is C/C(=N\NC(=O)Cn1nc(C)cc1C)c1ccc(N2CCCCC2)cc1. The molecule has 1 aliphatic rings. The number of amides is 1. The molecule has 1 N–H and O–H groups in total. The topological polar surface area (TPSA) is 62.5 Å². The zero-order valence-electron chi connectivity index (χ0n) is 15.8. The monoisotopic (exact) mass is 353 g/mol. The largest absolute Gasteiger partial charge is 0.372 e. The summed E-state index contributed by atoms with van der Waals surface area (Å²) < 4.78 is 1.68. The van der Waals surface area contributed by atoms with E-state index in [4.69, 9.17) is 0 Å². The molecule has 0 unspecified atom stereocenters. The summed E-state index contributed by atoms with van der Waals surface area (Å²) in [6, 6.07) is 10.4. The molecule has 6 nitrogen and oxygen atoms in total. The van der Waals surface area contributed by atoms with Crippen molar-refractivity contribution in [3.05, 3.63) is 47.3 Å². The Morgan fingerprint density at radius 2 is 1.85 bits per heavy atom. The van der Waals surface area contributed by atoms with Gasteiger partial charge in [0.1, 0.15) is 6.54 Å². The average Bonchev–Trinajstić information content (AvgIpc) is 2.97. The number of hydrogen-bond acceptors (Lipinski definition) is 4. The maximum absolute atomic E-state index is 12.1. The highest BCUT2D eigenvalue weighted by molar-refractivity contribution is 5.99. The second kappa shape index (κ2) is 8.17. The maximum Gasteiger partial charge on any atom is 0.261 e. The molecule has 1 aromatic carbocycles. The highest BCUT2D eigenvalue weighted by Gasteiger charge is 2.11. The number of aryl methyl sites for hydroxylation is 2. The molecule has 0 saturated carbocycles. The first-order chi connectivity index (χ1) is 12.5. The molecule has 138 valence electrons. The molecule has 1 amide bonds. The number of carbonyl (C=O) groups is 1. The van der Waals surface area contributed by atoms with Gasteiger partial charge in [-0.15, -0.1) is 0 Å². The standard InChI is InChI=1S/C20H27N5O/c1-15-13-16(2)25(23-15)14-20(26)22-21-17(3)18-7-9-19(10-8-18)24-11-5-4-6-12-24/h7-10,13H,4-6,11-12,14H2,1-3H3,(H,22,26)/b21-17+. The Kier molecular flexibility index (Phi) is 5.71. The van der Waals surface area contributed by atoms with Gasteiger partial charge in [-0.05, 0) is 63.8 Å². The van der Waals surface area contributed by atoms with Gasteiger partial charge in [-0.3, -0.25) is 9.48 Å². The average molecular weight is 353 g/mol. The molecule has 1 fully saturated rings. The van der Waals surface area contributed by atoms with E-state index in [1.54, 1.807) is 4.68 Å². The van der Waals surface area contributed by atoms with E-state index in [0.717, 1.165) is 35.8 Å². The summed E-state index contributed by atoms with van der Waals surface area (Å²) in [6.07, 6.45) is 3.87. The van der Waals surface area contributed by atoms with Gasteiger partial charge in [0, 0.05) is 24.5 Å². The number of piperidine rings is 1. The van der Waals surface area contributed by atoms with Crippen molar-refractivity contribution in [1.82, 2.24) is 15.2 Å².